The summed E-state index contributed by atoms with van der Waals surface area (Å²) in [4.78, 5) is 5.04. The molecular formula is C19H14F3N3O3S. The number of alkyl halides is 3. The van der Waals surface area contributed by atoms with Crippen molar-refractivity contribution in [3.05, 3.63) is 65.5 Å². The third-order valence-corrected chi connectivity index (χ3v) is 5.72. The molecule has 0 saturated carbocycles. The maximum Gasteiger partial charge on any atom is 0.449 e. The first-order valence-corrected chi connectivity index (χ1v) is 9.10. The molecule has 10 heteroatoms. The molecular weight excluding hydrogens is 407 g/mol. The zero-order valence-electron chi connectivity index (χ0n) is 15.1. The number of rotatable bonds is 3. The molecule has 5 rings (SSSR count). The van der Waals surface area contributed by atoms with E-state index in [0.717, 1.165) is 11.8 Å². The van der Waals surface area contributed by atoms with E-state index in [1.54, 1.807) is 28.0 Å². The molecule has 150 valence electrons. The predicted octanol–water partition coefficient (Wildman–Crippen LogP) is 3.66. The molecule has 0 aliphatic carbocycles. The number of methoxy groups -OCH3 is 1. The van der Waals surface area contributed by atoms with Gasteiger partial charge in [0, 0.05) is 12.3 Å². The van der Waals surface area contributed by atoms with Gasteiger partial charge in [-0.1, -0.05) is 12.2 Å². The van der Waals surface area contributed by atoms with E-state index < -0.39 is 17.4 Å². The maximum atomic E-state index is 12.9. The number of thiocarbonyl (C=S) groups is 1. The van der Waals surface area contributed by atoms with E-state index in [2.05, 4.69) is 4.98 Å². The van der Waals surface area contributed by atoms with Crippen molar-refractivity contribution in [2.24, 2.45) is 0 Å². The van der Waals surface area contributed by atoms with Crippen LogP contribution in [0.4, 0.5) is 13.2 Å². The van der Waals surface area contributed by atoms with E-state index in [1.165, 1.54) is 13.2 Å². The van der Waals surface area contributed by atoms with Gasteiger partial charge in [-0.25, -0.2) is 4.98 Å². The fourth-order valence-corrected chi connectivity index (χ4v) is 4.25. The number of furan rings is 1. The molecule has 0 saturated heterocycles. The lowest BCUT2D eigenvalue weighted by atomic mass is 9.83. The van der Waals surface area contributed by atoms with Crippen LogP contribution < -0.4 is 14.5 Å². The average molecular weight is 421 g/mol. The largest absolute Gasteiger partial charge is 0.490 e. The zero-order valence-corrected chi connectivity index (χ0v) is 15.9. The van der Waals surface area contributed by atoms with Crippen molar-refractivity contribution in [2.75, 3.05) is 18.7 Å². The van der Waals surface area contributed by atoms with Gasteiger partial charge in [-0.15, -0.1) is 0 Å². The lowest BCUT2D eigenvalue weighted by Crippen LogP contribution is -2.42. The number of fused-ring (bicyclic) bond motifs is 4. The normalized spacial score (nSPS) is 20.1. The highest BCUT2D eigenvalue weighted by atomic mass is 32.1. The molecule has 0 radical (unpaired) electrons. The van der Waals surface area contributed by atoms with Crippen LogP contribution in [-0.2, 0) is 18.1 Å². The quantitative estimate of drug-likeness (QED) is 0.602. The highest BCUT2D eigenvalue weighted by molar-refractivity contribution is 7.80. The van der Waals surface area contributed by atoms with Crippen molar-refractivity contribution >= 4 is 17.2 Å². The number of ether oxygens (including phenoxy) is 2. The summed E-state index contributed by atoms with van der Waals surface area (Å²) in [6, 6.07) is 9.44. The molecule has 1 unspecified atom stereocenters. The van der Waals surface area contributed by atoms with Crippen LogP contribution in [0, 0.1) is 0 Å². The van der Waals surface area contributed by atoms with E-state index in [0.29, 0.717) is 22.3 Å². The summed E-state index contributed by atoms with van der Waals surface area (Å²) in [5.41, 5.74) is 0.617. The SMILES string of the molecule is COc1ccc2c(n1)C1(CO2)C(=S)N(Cc2ccc(C(F)(F)F)o2)n2cccc21. The minimum atomic E-state index is -4.54. The standard InChI is InChI=1S/C19H14F3N3O3S/c1-26-15-7-5-12-16(23-15)18(10-27-12)13-3-2-8-24(13)25(17(18)29)9-11-4-6-14(28-11)19(20,21)22/h2-8H,9-10H2,1H3. The number of hydrogen-bond acceptors (Lipinski definition) is 5. The number of nitrogens with zero attached hydrogens (tertiary/aromatic N) is 3. The van der Waals surface area contributed by atoms with Crippen molar-refractivity contribution in [3.63, 3.8) is 0 Å². The van der Waals surface area contributed by atoms with Crippen LogP contribution in [0.25, 0.3) is 0 Å². The molecule has 2 aliphatic rings. The van der Waals surface area contributed by atoms with E-state index in [1.807, 2.05) is 12.1 Å². The van der Waals surface area contributed by atoms with Crippen molar-refractivity contribution in [1.29, 1.82) is 0 Å². The lowest BCUT2D eigenvalue weighted by Gasteiger charge is -2.24. The summed E-state index contributed by atoms with van der Waals surface area (Å²) in [5, 5.41) is 1.70. The Morgan fingerprint density at radius 3 is 2.79 bits per heavy atom. The first-order valence-electron chi connectivity index (χ1n) is 8.69. The number of aromatic nitrogens is 2. The Morgan fingerprint density at radius 1 is 1.24 bits per heavy atom. The Morgan fingerprint density at radius 2 is 2.07 bits per heavy atom. The first-order chi connectivity index (χ1) is 13.8. The van der Waals surface area contributed by atoms with Crippen LogP contribution in [0.2, 0.25) is 0 Å². The summed E-state index contributed by atoms with van der Waals surface area (Å²) in [5.74, 6) is 0.129. The highest BCUT2D eigenvalue weighted by Crippen LogP contribution is 2.48. The molecule has 3 aromatic heterocycles. The van der Waals surface area contributed by atoms with E-state index in [9.17, 15) is 13.2 Å². The smallest absolute Gasteiger partial charge is 0.449 e. The summed E-state index contributed by atoms with van der Waals surface area (Å²) in [6.07, 6.45) is -2.75. The Balaban J connectivity index is 1.56. The molecule has 0 aromatic carbocycles. The van der Waals surface area contributed by atoms with E-state index >= 15 is 0 Å². The summed E-state index contributed by atoms with van der Waals surface area (Å²) in [7, 11) is 1.52. The van der Waals surface area contributed by atoms with Crippen molar-refractivity contribution in [3.8, 4) is 11.6 Å². The molecule has 3 aromatic rings. The fourth-order valence-electron chi connectivity index (χ4n) is 3.84. The van der Waals surface area contributed by atoms with Gasteiger partial charge in [-0.05, 0) is 30.3 Å². The van der Waals surface area contributed by atoms with Crippen LogP contribution in [0.3, 0.4) is 0 Å². The van der Waals surface area contributed by atoms with Gasteiger partial charge in [0.15, 0.2) is 0 Å². The molecule has 5 heterocycles. The number of pyridine rings is 1. The van der Waals surface area contributed by atoms with Crippen LogP contribution in [0.5, 0.6) is 11.6 Å². The van der Waals surface area contributed by atoms with Crippen LogP contribution >= 0.6 is 12.2 Å². The molecule has 0 fully saturated rings. The van der Waals surface area contributed by atoms with Gasteiger partial charge in [0.2, 0.25) is 11.6 Å². The van der Waals surface area contributed by atoms with Crippen molar-refractivity contribution < 1.29 is 27.1 Å². The lowest BCUT2D eigenvalue weighted by molar-refractivity contribution is -0.153. The molecule has 0 N–H and O–H groups in total. The molecule has 1 spiro atoms. The van der Waals surface area contributed by atoms with Gasteiger partial charge in [-0.3, -0.25) is 9.69 Å². The summed E-state index contributed by atoms with van der Waals surface area (Å²) in [6.45, 7) is 0.283. The van der Waals surface area contributed by atoms with E-state index in [-0.39, 0.29) is 18.9 Å². The number of hydrogen-bond donors (Lipinski definition) is 0. The van der Waals surface area contributed by atoms with Gasteiger partial charge in [0.25, 0.3) is 0 Å². The van der Waals surface area contributed by atoms with Crippen LogP contribution in [0.15, 0.2) is 47.0 Å². The monoisotopic (exact) mass is 421 g/mol. The summed E-state index contributed by atoms with van der Waals surface area (Å²) >= 11 is 5.79. The van der Waals surface area contributed by atoms with Crippen molar-refractivity contribution in [1.82, 2.24) is 9.66 Å². The minimum absolute atomic E-state index is 0.0393. The average Bonchev–Trinajstić information content (AvgIpc) is 3.44. The van der Waals surface area contributed by atoms with Crippen molar-refractivity contribution in [2.45, 2.75) is 18.1 Å². The van der Waals surface area contributed by atoms with Crippen LogP contribution in [0.1, 0.15) is 22.9 Å². The first kappa shape index (κ1) is 18.0. The van der Waals surface area contributed by atoms with Gasteiger partial charge in [0.05, 0.1) is 19.3 Å². The molecule has 0 amide bonds. The van der Waals surface area contributed by atoms with Crippen LogP contribution in [-0.4, -0.2) is 28.4 Å². The van der Waals surface area contributed by atoms with E-state index in [4.69, 9.17) is 26.1 Å². The third kappa shape index (κ3) is 2.48. The topological polar surface area (TPSA) is 52.7 Å². The van der Waals surface area contributed by atoms with Gasteiger partial charge in [0.1, 0.15) is 34.2 Å². The zero-order chi connectivity index (χ0) is 20.4. The Bertz CT molecular complexity index is 1120. The molecule has 1 atom stereocenters. The third-order valence-electron chi connectivity index (χ3n) is 5.16. The Labute approximate surface area is 168 Å². The Kier molecular flexibility index (Phi) is 3.73. The van der Waals surface area contributed by atoms with Gasteiger partial charge in [-0.2, -0.15) is 13.2 Å². The second-order valence-corrected chi connectivity index (χ2v) is 7.15. The molecule has 2 aliphatic heterocycles. The summed E-state index contributed by atoms with van der Waals surface area (Å²) < 4.78 is 56.6. The fraction of sp³-hybridized carbons (Fsp3) is 0.263. The van der Waals surface area contributed by atoms with Gasteiger partial charge < -0.3 is 13.9 Å². The maximum absolute atomic E-state index is 12.9. The molecule has 6 nitrogen and oxygen atoms in total. The van der Waals surface area contributed by atoms with Gasteiger partial charge >= 0.3 is 6.18 Å². The second kappa shape index (κ2) is 5.99. The predicted molar refractivity (Wildman–Crippen MR) is 99.7 cm³/mol. The minimum Gasteiger partial charge on any atom is -0.490 e. The Hall–Kier alpha value is -3.01. The second-order valence-electron chi connectivity index (χ2n) is 6.76. The molecule has 29 heavy (non-hydrogen) atoms. The molecule has 0 bridgehead atoms. The highest BCUT2D eigenvalue weighted by Gasteiger charge is 2.56. The number of halogens is 3.